The van der Waals surface area contributed by atoms with Gasteiger partial charge in [-0.3, -0.25) is 14.6 Å². The summed E-state index contributed by atoms with van der Waals surface area (Å²) in [6.45, 7) is 10.6. The second-order valence-corrected chi connectivity index (χ2v) is 6.40. The predicted molar refractivity (Wildman–Crippen MR) is 86.2 cm³/mol. The second-order valence-electron chi connectivity index (χ2n) is 6.40. The molecule has 0 radical (unpaired) electrons. The quantitative estimate of drug-likeness (QED) is 0.718. The van der Waals surface area contributed by atoms with Gasteiger partial charge in [0.05, 0.1) is 6.54 Å². The molecule has 1 saturated heterocycles. The Kier molecular flexibility index (Phi) is 6.45. The van der Waals surface area contributed by atoms with Gasteiger partial charge in [-0.1, -0.05) is 13.3 Å². The van der Waals surface area contributed by atoms with E-state index in [1.165, 1.54) is 25.7 Å². The van der Waals surface area contributed by atoms with Crippen molar-refractivity contribution in [1.82, 2.24) is 14.7 Å². The van der Waals surface area contributed by atoms with Crippen LogP contribution >= 0.6 is 0 Å². The van der Waals surface area contributed by atoms with E-state index in [-0.39, 0.29) is 0 Å². The first-order valence-electron chi connectivity index (χ1n) is 8.65. The van der Waals surface area contributed by atoms with Crippen LogP contribution in [0.15, 0.2) is 0 Å². The van der Waals surface area contributed by atoms with Crippen LogP contribution in [0, 0.1) is 0 Å². The van der Waals surface area contributed by atoms with Gasteiger partial charge in [0.15, 0.2) is 0 Å². The molecule has 5 nitrogen and oxygen atoms in total. The average molecular weight is 296 g/mol. The fourth-order valence-corrected chi connectivity index (χ4v) is 3.38. The Morgan fingerprint density at radius 1 is 1.24 bits per heavy atom. The summed E-state index contributed by atoms with van der Waals surface area (Å²) in [4.78, 5) is 19.2. The lowest BCUT2D eigenvalue weighted by Crippen LogP contribution is -2.54. The minimum absolute atomic E-state index is 0.317. The Hall–Kier alpha value is -0.650. The van der Waals surface area contributed by atoms with Crippen molar-refractivity contribution in [2.24, 2.45) is 5.73 Å². The summed E-state index contributed by atoms with van der Waals surface area (Å²) in [6.07, 6.45) is 4.76. The molecule has 1 saturated carbocycles. The molecule has 0 aromatic rings. The van der Waals surface area contributed by atoms with E-state index in [0.717, 1.165) is 39.3 Å². The maximum atomic E-state index is 12.3. The Bertz CT molecular complexity index is 324. The van der Waals surface area contributed by atoms with Gasteiger partial charge in [0.25, 0.3) is 0 Å². The average Bonchev–Trinajstić information content (AvgIpc) is 3.31. The zero-order valence-corrected chi connectivity index (χ0v) is 13.8. The molecule has 122 valence electrons. The van der Waals surface area contributed by atoms with Gasteiger partial charge < -0.3 is 10.6 Å². The fourth-order valence-electron chi connectivity index (χ4n) is 3.38. The van der Waals surface area contributed by atoms with Crippen LogP contribution in [0.5, 0.6) is 0 Å². The first-order valence-corrected chi connectivity index (χ1v) is 8.65. The second kappa shape index (κ2) is 8.11. The normalized spacial score (nSPS) is 22.2. The summed E-state index contributed by atoms with van der Waals surface area (Å²) in [5.74, 6) is 0.317. The number of nitrogens with zero attached hydrogens (tertiary/aromatic N) is 3. The van der Waals surface area contributed by atoms with Gasteiger partial charge in [0.2, 0.25) is 5.91 Å². The minimum Gasteiger partial charge on any atom is -0.339 e. The highest BCUT2D eigenvalue weighted by atomic mass is 16.2. The molecule has 0 spiro atoms. The van der Waals surface area contributed by atoms with Crippen LogP contribution < -0.4 is 5.73 Å². The van der Waals surface area contributed by atoms with E-state index < -0.39 is 0 Å². The summed E-state index contributed by atoms with van der Waals surface area (Å²) in [7, 11) is 0. The molecule has 2 rings (SSSR count). The highest BCUT2D eigenvalue weighted by Crippen LogP contribution is 2.26. The van der Waals surface area contributed by atoms with Gasteiger partial charge in [0, 0.05) is 51.4 Å². The molecule has 21 heavy (non-hydrogen) atoms. The van der Waals surface area contributed by atoms with Gasteiger partial charge in [-0.05, 0) is 26.2 Å². The third kappa shape index (κ3) is 4.66. The molecule has 1 amide bonds. The van der Waals surface area contributed by atoms with E-state index >= 15 is 0 Å². The molecule has 0 aromatic carbocycles. The predicted octanol–water partition coefficient (Wildman–Crippen LogP) is 0.742. The van der Waals surface area contributed by atoms with E-state index in [4.69, 9.17) is 5.73 Å². The zero-order chi connectivity index (χ0) is 15.2. The smallest absolute Gasteiger partial charge is 0.236 e. The van der Waals surface area contributed by atoms with Gasteiger partial charge in [-0.25, -0.2) is 0 Å². The Balaban J connectivity index is 1.74. The number of rotatable bonds is 8. The van der Waals surface area contributed by atoms with Crippen LogP contribution in [0.4, 0.5) is 0 Å². The summed E-state index contributed by atoms with van der Waals surface area (Å²) >= 11 is 0. The monoisotopic (exact) mass is 296 g/mol. The maximum absolute atomic E-state index is 12.3. The molecule has 2 N–H and O–H groups in total. The van der Waals surface area contributed by atoms with Gasteiger partial charge in [-0.15, -0.1) is 0 Å². The SMILES string of the molecule is CCCC(CN)N1CCN(CC(=O)N(CC)C2CC2)CC1. The highest BCUT2D eigenvalue weighted by molar-refractivity contribution is 5.78. The third-order valence-electron chi connectivity index (χ3n) is 4.82. The third-order valence-corrected chi connectivity index (χ3v) is 4.82. The Labute approximate surface area is 129 Å². The Morgan fingerprint density at radius 3 is 2.38 bits per heavy atom. The number of likely N-dealkylation sites (N-methyl/N-ethyl adjacent to an activating group) is 1. The number of carbonyl (C=O) groups excluding carboxylic acids is 1. The van der Waals surface area contributed by atoms with Crippen molar-refractivity contribution in [2.45, 2.75) is 51.6 Å². The van der Waals surface area contributed by atoms with Crippen molar-refractivity contribution < 1.29 is 4.79 Å². The first-order chi connectivity index (χ1) is 10.2. The number of hydrogen-bond donors (Lipinski definition) is 1. The van der Waals surface area contributed by atoms with Crippen LogP contribution in [0.25, 0.3) is 0 Å². The number of carbonyl (C=O) groups is 1. The molecule has 1 heterocycles. The standard InChI is InChI=1S/C16H32N4O/c1-3-5-15(12-17)19-10-8-18(9-11-19)13-16(21)20(4-2)14-6-7-14/h14-15H,3-13,17H2,1-2H3. The van der Waals surface area contributed by atoms with Crippen LogP contribution in [0.3, 0.4) is 0 Å². The van der Waals surface area contributed by atoms with Crippen molar-refractivity contribution in [2.75, 3.05) is 45.8 Å². The maximum Gasteiger partial charge on any atom is 0.236 e. The topological polar surface area (TPSA) is 52.8 Å². The molecule has 1 atom stereocenters. The number of nitrogens with two attached hydrogens (primary N) is 1. The van der Waals surface area contributed by atoms with Crippen LogP contribution in [-0.2, 0) is 4.79 Å². The largest absolute Gasteiger partial charge is 0.339 e. The molecule has 0 aromatic heterocycles. The first kappa shape index (κ1) is 16.7. The molecule has 1 aliphatic heterocycles. The molecule has 1 aliphatic carbocycles. The molecular formula is C16H32N4O. The van der Waals surface area contributed by atoms with Gasteiger partial charge in [0.1, 0.15) is 0 Å². The van der Waals surface area contributed by atoms with Crippen molar-refractivity contribution in [1.29, 1.82) is 0 Å². The van der Waals surface area contributed by atoms with Crippen molar-refractivity contribution in [3.63, 3.8) is 0 Å². The van der Waals surface area contributed by atoms with Gasteiger partial charge >= 0.3 is 0 Å². The lowest BCUT2D eigenvalue weighted by atomic mass is 10.1. The number of hydrogen-bond acceptors (Lipinski definition) is 4. The fraction of sp³-hybridized carbons (Fsp3) is 0.938. The molecule has 2 fully saturated rings. The molecule has 2 aliphatic rings. The van der Waals surface area contributed by atoms with Crippen molar-refractivity contribution in [3.05, 3.63) is 0 Å². The summed E-state index contributed by atoms with van der Waals surface area (Å²) < 4.78 is 0. The van der Waals surface area contributed by atoms with E-state index in [1.807, 2.05) is 0 Å². The number of amides is 1. The summed E-state index contributed by atoms with van der Waals surface area (Å²) in [5, 5.41) is 0. The van der Waals surface area contributed by atoms with Crippen LogP contribution in [-0.4, -0.2) is 78.5 Å². The summed E-state index contributed by atoms with van der Waals surface area (Å²) in [6, 6.07) is 1.06. The minimum atomic E-state index is 0.317. The number of piperazine rings is 1. The lowest BCUT2D eigenvalue weighted by Gasteiger charge is -2.39. The van der Waals surface area contributed by atoms with E-state index in [1.54, 1.807) is 0 Å². The molecule has 0 bridgehead atoms. The summed E-state index contributed by atoms with van der Waals surface area (Å²) in [5.41, 5.74) is 5.89. The lowest BCUT2D eigenvalue weighted by molar-refractivity contribution is -0.133. The van der Waals surface area contributed by atoms with E-state index in [9.17, 15) is 4.79 Å². The van der Waals surface area contributed by atoms with Crippen molar-refractivity contribution >= 4 is 5.91 Å². The zero-order valence-electron chi connectivity index (χ0n) is 13.8. The van der Waals surface area contributed by atoms with Crippen molar-refractivity contribution in [3.8, 4) is 0 Å². The highest BCUT2D eigenvalue weighted by Gasteiger charge is 2.32. The van der Waals surface area contributed by atoms with E-state index in [2.05, 4.69) is 28.5 Å². The molecule has 5 heteroatoms. The van der Waals surface area contributed by atoms with E-state index in [0.29, 0.717) is 24.5 Å². The van der Waals surface area contributed by atoms with Crippen LogP contribution in [0.1, 0.15) is 39.5 Å². The van der Waals surface area contributed by atoms with Gasteiger partial charge in [-0.2, -0.15) is 0 Å². The Morgan fingerprint density at radius 2 is 1.90 bits per heavy atom. The molecule has 1 unspecified atom stereocenters. The van der Waals surface area contributed by atoms with Crippen LogP contribution in [0.2, 0.25) is 0 Å². The molecular weight excluding hydrogens is 264 g/mol.